The van der Waals surface area contributed by atoms with Crippen molar-refractivity contribution in [3.05, 3.63) is 66.2 Å². The maximum absolute atomic E-state index is 12.5. The van der Waals surface area contributed by atoms with E-state index in [1.54, 1.807) is 10.9 Å². The zero-order valence-corrected chi connectivity index (χ0v) is 12.6. The van der Waals surface area contributed by atoms with Gasteiger partial charge in [-0.05, 0) is 36.8 Å². The van der Waals surface area contributed by atoms with Crippen LogP contribution in [-0.4, -0.2) is 31.5 Å². The van der Waals surface area contributed by atoms with Gasteiger partial charge in [-0.2, -0.15) is 10.2 Å². The summed E-state index contributed by atoms with van der Waals surface area (Å²) in [4.78, 5) is 12.5. The first-order valence-electron chi connectivity index (χ1n) is 7.71. The van der Waals surface area contributed by atoms with Crippen LogP contribution < -0.4 is 5.32 Å². The molecule has 116 valence electrons. The van der Waals surface area contributed by atoms with Crippen molar-refractivity contribution in [2.75, 3.05) is 0 Å². The SMILES string of the molecule is O=C(N[C@@H]1CCn2nccc2C1)c1cccc(-n2cccn2)c1. The number of rotatable bonds is 3. The quantitative estimate of drug-likeness (QED) is 0.802. The first kappa shape index (κ1) is 13.8. The molecule has 0 spiro atoms. The average Bonchev–Trinajstić information content (AvgIpc) is 3.26. The Balaban J connectivity index is 1.49. The molecule has 1 N–H and O–H groups in total. The topological polar surface area (TPSA) is 64.7 Å². The van der Waals surface area contributed by atoms with E-state index in [0.717, 1.165) is 25.1 Å². The van der Waals surface area contributed by atoms with Crippen molar-refractivity contribution >= 4 is 5.91 Å². The molecule has 0 bridgehead atoms. The average molecular weight is 307 g/mol. The molecule has 1 amide bonds. The van der Waals surface area contributed by atoms with Gasteiger partial charge < -0.3 is 5.32 Å². The van der Waals surface area contributed by atoms with Crippen LogP contribution in [0.4, 0.5) is 0 Å². The number of carbonyl (C=O) groups excluding carboxylic acids is 1. The molecule has 6 nitrogen and oxygen atoms in total. The van der Waals surface area contributed by atoms with E-state index >= 15 is 0 Å². The molecule has 6 heteroatoms. The Morgan fingerprint density at radius 1 is 1.17 bits per heavy atom. The van der Waals surface area contributed by atoms with E-state index in [1.165, 1.54) is 5.69 Å². The van der Waals surface area contributed by atoms with Crippen molar-refractivity contribution in [2.24, 2.45) is 0 Å². The highest BCUT2D eigenvalue weighted by atomic mass is 16.1. The third-order valence-electron chi connectivity index (χ3n) is 4.16. The van der Waals surface area contributed by atoms with Gasteiger partial charge in [0, 0.05) is 48.9 Å². The van der Waals surface area contributed by atoms with Crippen molar-refractivity contribution in [1.82, 2.24) is 24.9 Å². The number of hydrogen-bond acceptors (Lipinski definition) is 3. The fourth-order valence-corrected chi connectivity index (χ4v) is 2.97. The Hall–Kier alpha value is -2.89. The maximum atomic E-state index is 12.5. The van der Waals surface area contributed by atoms with E-state index in [9.17, 15) is 4.79 Å². The summed E-state index contributed by atoms with van der Waals surface area (Å²) in [5, 5.41) is 11.6. The predicted molar refractivity (Wildman–Crippen MR) is 85.4 cm³/mol. The van der Waals surface area contributed by atoms with Crippen LogP contribution >= 0.6 is 0 Å². The van der Waals surface area contributed by atoms with E-state index in [4.69, 9.17) is 0 Å². The number of aromatic nitrogens is 4. The number of carbonyl (C=O) groups is 1. The molecule has 23 heavy (non-hydrogen) atoms. The molecule has 2 aromatic heterocycles. The summed E-state index contributed by atoms with van der Waals surface area (Å²) in [5.41, 5.74) is 2.70. The van der Waals surface area contributed by atoms with E-state index in [2.05, 4.69) is 15.5 Å². The normalized spacial score (nSPS) is 16.8. The van der Waals surface area contributed by atoms with E-state index in [1.807, 2.05) is 53.5 Å². The van der Waals surface area contributed by atoms with Crippen LogP contribution in [0.3, 0.4) is 0 Å². The Bertz CT molecular complexity index is 821. The Morgan fingerprint density at radius 2 is 2.13 bits per heavy atom. The molecular weight excluding hydrogens is 290 g/mol. The van der Waals surface area contributed by atoms with E-state index in [-0.39, 0.29) is 11.9 Å². The molecule has 3 heterocycles. The summed E-state index contributed by atoms with van der Waals surface area (Å²) in [6.07, 6.45) is 7.12. The molecule has 3 aromatic rings. The smallest absolute Gasteiger partial charge is 0.251 e. The van der Waals surface area contributed by atoms with Gasteiger partial charge in [0.1, 0.15) is 0 Å². The molecule has 0 saturated carbocycles. The summed E-state index contributed by atoms with van der Waals surface area (Å²) in [5.74, 6) is -0.0445. The lowest BCUT2D eigenvalue weighted by atomic mass is 10.0. The Labute approximate surface area is 133 Å². The largest absolute Gasteiger partial charge is 0.349 e. The standard InChI is InChI=1S/C17H17N5O/c23-17(20-14-6-10-22-16(12-14)5-8-19-22)13-3-1-4-15(11-13)21-9-2-7-18-21/h1-5,7-9,11,14H,6,10,12H2,(H,20,23)/t14-/m1/s1. The highest BCUT2D eigenvalue weighted by Crippen LogP contribution is 2.15. The van der Waals surface area contributed by atoms with E-state index in [0.29, 0.717) is 5.56 Å². The number of benzene rings is 1. The van der Waals surface area contributed by atoms with Crippen molar-refractivity contribution < 1.29 is 4.79 Å². The molecule has 1 atom stereocenters. The summed E-state index contributed by atoms with van der Waals surface area (Å²) >= 11 is 0. The highest BCUT2D eigenvalue weighted by Gasteiger charge is 2.21. The molecule has 0 unspecified atom stereocenters. The van der Waals surface area contributed by atoms with Crippen LogP contribution in [0.2, 0.25) is 0 Å². The van der Waals surface area contributed by atoms with Gasteiger partial charge in [0.05, 0.1) is 5.69 Å². The zero-order valence-electron chi connectivity index (χ0n) is 12.6. The van der Waals surface area contributed by atoms with Gasteiger partial charge in [-0.25, -0.2) is 4.68 Å². The van der Waals surface area contributed by atoms with Crippen molar-refractivity contribution in [2.45, 2.75) is 25.4 Å². The lowest BCUT2D eigenvalue weighted by molar-refractivity contribution is 0.0930. The molecule has 1 aliphatic heterocycles. The predicted octanol–water partition coefficient (Wildman–Crippen LogP) is 1.81. The minimum atomic E-state index is -0.0445. The van der Waals surface area contributed by atoms with Gasteiger partial charge >= 0.3 is 0 Å². The zero-order chi connectivity index (χ0) is 15.6. The molecule has 1 aromatic carbocycles. The molecular formula is C17H17N5O. The molecule has 0 saturated heterocycles. The molecule has 0 radical (unpaired) electrons. The number of hydrogen-bond donors (Lipinski definition) is 1. The van der Waals surface area contributed by atoms with E-state index < -0.39 is 0 Å². The summed E-state index contributed by atoms with van der Waals surface area (Å²) in [6.45, 7) is 0.848. The Kier molecular flexibility index (Phi) is 3.42. The number of nitrogens with zero attached hydrogens (tertiary/aromatic N) is 4. The third kappa shape index (κ3) is 2.75. The first-order chi connectivity index (χ1) is 11.3. The second kappa shape index (κ2) is 5.72. The lowest BCUT2D eigenvalue weighted by Crippen LogP contribution is -2.40. The van der Waals surface area contributed by atoms with Crippen molar-refractivity contribution in [1.29, 1.82) is 0 Å². The van der Waals surface area contributed by atoms with Crippen LogP contribution in [0.1, 0.15) is 22.5 Å². The van der Waals surface area contributed by atoms with Gasteiger partial charge in [-0.15, -0.1) is 0 Å². The number of amides is 1. The van der Waals surface area contributed by atoms with Crippen LogP contribution in [0.5, 0.6) is 0 Å². The van der Waals surface area contributed by atoms with Gasteiger partial charge in [-0.1, -0.05) is 6.07 Å². The van der Waals surface area contributed by atoms with Gasteiger partial charge in [-0.3, -0.25) is 9.48 Å². The minimum absolute atomic E-state index is 0.0445. The number of nitrogens with one attached hydrogen (secondary N) is 1. The number of aryl methyl sites for hydroxylation is 1. The molecule has 0 fully saturated rings. The lowest BCUT2D eigenvalue weighted by Gasteiger charge is -2.24. The van der Waals surface area contributed by atoms with Gasteiger partial charge in [0.15, 0.2) is 0 Å². The monoisotopic (exact) mass is 307 g/mol. The second-order valence-corrected chi connectivity index (χ2v) is 5.71. The minimum Gasteiger partial charge on any atom is -0.349 e. The summed E-state index contributed by atoms with van der Waals surface area (Å²) in [6, 6.07) is 11.5. The fraction of sp³-hybridized carbons (Fsp3) is 0.235. The Morgan fingerprint density at radius 3 is 3.00 bits per heavy atom. The first-order valence-corrected chi connectivity index (χ1v) is 7.71. The fourth-order valence-electron chi connectivity index (χ4n) is 2.97. The molecule has 4 rings (SSSR count). The highest BCUT2D eigenvalue weighted by molar-refractivity contribution is 5.94. The van der Waals surface area contributed by atoms with Crippen LogP contribution in [-0.2, 0) is 13.0 Å². The van der Waals surface area contributed by atoms with Crippen LogP contribution in [0.25, 0.3) is 5.69 Å². The number of fused-ring (bicyclic) bond motifs is 1. The van der Waals surface area contributed by atoms with Gasteiger partial charge in [0.25, 0.3) is 5.91 Å². The van der Waals surface area contributed by atoms with Crippen LogP contribution in [0.15, 0.2) is 55.0 Å². The maximum Gasteiger partial charge on any atom is 0.251 e. The summed E-state index contributed by atoms with van der Waals surface area (Å²) in [7, 11) is 0. The van der Waals surface area contributed by atoms with Crippen LogP contribution in [0, 0.1) is 0 Å². The van der Waals surface area contributed by atoms with Crippen molar-refractivity contribution in [3.8, 4) is 5.69 Å². The second-order valence-electron chi connectivity index (χ2n) is 5.71. The molecule has 0 aliphatic carbocycles. The third-order valence-corrected chi connectivity index (χ3v) is 4.16. The van der Waals surface area contributed by atoms with Crippen molar-refractivity contribution in [3.63, 3.8) is 0 Å². The van der Waals surface area contributed by atoms with Gasteiger partial charge in [0.2, 0.25) is 0 Å². The summed E-state index contributed by atoms with van der Waals surface area (Å²) < 4.78 is 3.75. The molecule has 1 aliphatic rings.